The molecule has 4 rings (SSSR count). The van der Waals surface area contributed by atoms with Crippen molar-refractivity contribution in [2.75, 3.05) is 20.2 Å². The van der Waals surface area contributed by atoms with Crippen LogP contribution in [-0.2, 0) is 23.7 Å². The van der Waals surface area contributed by atoms with E-state index in [0.717, 1.165) is 0 Å². The van der Waals surface area contributed by atoms with E-state index in [2.05, 4.69) is 16.0 Å². The van der Waals surface area contributed by atoms with Crippen LogP contribution < -0.4 is 21.7 Å². The van der Waals surface area contributed by atoms with Gasteiger partial charge < -0.3 is 60.7 Å². The van der Waals surface area contributed by atoms with Crippen molar-refractivity contribution in [2.45, 2.75) is 114 Å². The first-order chi connectivity index (χ1) is 21.6. The van der Waals surface area contributed by atoms with E-state index in [1.807, 2.05) is 6.92 Å². The second kappa shape index (κ2) is 14.9. The Kier molecular flexibility index (Phi) is 11.7. The van der Waals surface area contributed by atoms with Crippen LogP contribution in [0.4, 0.5) is 4.79 Å². The van der Waals surface area contributed by atoms with Crippen molar-refractivity contribution >= 4 is 12.0 Å². The monoisotopic (exact) mass is 650 g/mol. The molecule has 0 spiro atoms. The first kappa shape index (κ1) is 36.0. The smallest absolute Gasteiger partial charge is 0.408 e. The molecule has 1 aromatic rings. The van der Waals surface area contributed by atoms with Crippen LogP contribution in [0.25, 0.3) is 0 Å². The van der Waals surface area contributed by atoms with Crippen LogP contribution >= 0.6 is 0 Å². The molecule has 1 aromatic carbocycles. The normalized spacial score (nSPS) is 36.6. The van der Waals surface area contributed by atoms with E-state index in [1.54, 1.807) is 64.2 Å². The molecular weight excluding hydrogens is 600 g/mol. The predicted molar refractivity (Wildman–Crippen MR) is 166 cm³/mol. The number of alkyl carbamates (subject to hydrolysis) is 1. The van der Waals surface area contributed by atoms with E-state index in [-0.39, 0.29) is 25.0 Å². The Morgan fingerprint density at radius 2 is 1.72 bits per heavy atom. The van der Waals surface area contributed by atoms with Crippen LogP contribution in [0.15, 0.2) is 42.2 Å². The zero-order valence-corrected chi connectivity index (χ0v) is 27.3. The molecule has 258 valence electrons. The van der Waals surface area contributed by atoms with Gasteiger partial charge in [0, 0.05) is 5.56 Å². The molecule has 46 heavy (non-hydrogen) atoms. The fourth-order valence-electron chi connectivity index (χ4n) is 6.17. The fraction of sp³-hybridized carbons (Fsp3) is 0.688. The molecule has 2 heterocycles. The molecule has 3 aliphatic rings. The molecule has 14 nitrogen and oxygen atoms in total. The standard InChI is InChI=1S/C32H50N4O10/c1-17-14-21(35-27(39)18-10-8-7-9-11-18)25(45-29-23(38)26(34-6)32(5,41)16-42-29)22(37)24(17)44-28-20(13-12-19(15-33)43-28)36-30(40)46-31(2,3)4/h7-12,17,20-26,28-29,34,37-38,41H,13-16,33H2,1-6H3,(H,35,39)(H,36,40)/t17-,20+,21+,22-,23+,24+,25-,26+,28+,29+,32-/m0/s1. The third kappa shape index (κ3) is 8.75. The average Bonchev–Trinajstić information content (AvgIpc) is 2.98. The summed E-state index contributed by atoms with van der Waals surface area (Å²) in [6.45, 7) is 8.62. The molecule has 0 bridgehead atoms. The minimum Gasteiger partial charge on any atom is -0.466 e. The summed E-state index contributed by atoms with van der Waals surface area (Å²) >= 11 is 0. The summed E-state index contributed by atoms with van der Waals surface area (Å²) in [5.41, 5.74) is 4.16. The number of hydrogen-bond donors (Lipinski definition) is 7. The van der Waals surface area contributed by atoms with Crippen LogP contribution in [-0.4, -0.2) is 114 Å². The van der Waals surface area contributed by atoms with Crippen molar-refractivity contribution in [3.05, 3.63) is 47.7 Å². The van der Waals surface area contributed by atoms with Crippen LogP contribution in [0.1, 0.15) is 57.8 Å². The first-order valence-corrected chi connectivity index (χ1v) is 15.7. The van der Waals surface area contributed by atoms with Crippen LogP contribution in [0.5, 0.6) is 0 Å². The van der Waals surface area contributed by atoms with E-state index in [1.165, 1.54) is 6.92 Å². The second-order valence-electron chi connectivity index (χ2n) is 13.5. The highest BCUT2D eigenvalue weighted by Crippen LogP contribution is 2.35. The van der Waals surface area contributed by atoms with E-state index in [4.69, 9.17) is 29.4 Å². The van der Waals surface area contributed by atoms with Crippen molar-refractivity contribution in [1.29, 1.82) is 0 Å². The Morgan fingerprint density at radius 1 is 1.04 bits per heavy atom. The van der Waals surface area contributed by atoms with Crippen molar-refractivity contribution in [3.63, 3.8) is 0 Å². The van der Waals surface area contributed by atoms with Crippen LogP contribution in [0, 0.1) is 5.92 Å². The topological polar surface area (TPSA) is 203 Å². The Morgan fingerprint density at radius 3 is 2.35 bits per heavy atom. The van der Waals surface area contributed by atoms with Crippen LogP contribution in [0.3, 0.4) is 0 Å². The number of aliphatic hydroxyl groups excluding tert-OH is 2. The number of hydrogen-bond acceptors (Lipinski definition) is 12. The van der Waals surface area contributed by atoms with Gasteiger partial charge in [0.05, 0.1) is 37.4 Å². The van der Waals surface area contributed by atoms with Crippen molar-refractivity contribution < 1.29 is 48.6 Å². The molecule has 0 radical (unpaired) electrons. The lowest BCUT2D eigenvalue weighted by molar-refractivity contribution is -0.306. The lowest BCUT2D eigenvalue weighted by Gasteiger charge is -2.49. The van der Waals surface area contributed by atoms with Gasteiger partial charge in [-0.3, -0.25) is 4.79 Å². The summed E-state index contributed by atoms with van der Waals surface area (Å²) in [5, 5.41) is 42.4. The van der Waals surface area contributed by atoms with E-state index in [0.29, 0.717) is 24.2 Å². The number of rotatable bonds is 9. The van der Waals surface area contributed by atoms with Gasteiger partial charge in [0.25, 0.3) is 5.91 Å². The van der Waals surface area contributed by atoms with Crippen LogP contribution in [0.2, 0.25) is 0 Å². The Bertz CT molecular complexity index is 1210. The van der Waals surface area contributed by atoms with Gasteiger partial charge in [-0.05, 0) is 71.7 Å². The number of likely N-dealkylation sites (N-methyl/N-ethyl adjacent to an activating group) is 1. The summed E-state index contributed by atoms with van der Waals surface area (Å²) in [4.78, 5) is 25.9. The lowest BCUT2D eigenvalue weighted by atomic mass is 9.79. The van der Waals surface area contributed by atoms with Gasteiger partial charge in [-0.2, -0.15) is 0 Å². The molecule has 0 aromatic heterocycles. The molecule has 1 saturated carbocycles. The third-order valence-corrected chi connectivity index (χ3v) is 8.43. The molecular formula is C32H50N4O10. The molecule has 2 aliphatic heterocycles. The molecule has 11 atom stereocenters. The van der Waals surface area contributed by atoms with Crippen molar-refractivity contribution in [1.82, 2.24) is 16.0 Å². The number of benzene rings is 1. The maximum atomic E-state index is 13.2. The number of carbonyl (C=O) groups excluding carboxylic acids is 2. The summed E-state index contributed by atoms with van der Waals surface area (Å²) in [6, 6.07) is 6.46. The molecule has 2 amide bonds. The number of nitrogens with two attached hydrogens (primary N) is 1. The van der Waals surface area contributed by atoms with Gasteiger partial charge in [0.15, 0.2) is 6.29 Å². The largest absolute Gasteiger partial charge is 0.466 e. The summed E-state index contributed by atoms with van der Waals surface area (Å²) in [7, 11) is 1.60. The Hall–Kier alpha value is -2.82. The predicted octanol–water partition coefficient (Wildman–Crippen LogP) is 0.495. The molecule has 14 heteroatoms. The SMILES string of the molecule is CN[C@@H]1[C@@H](O)[C@@H](O[C@@H]2[C@@H](O)[C@H](O[C@H]3OC(CN)=CC[C@H]3NC(=O)OC(C)(C)C)[C@@H](C)C[C@H]2NC(=O)c2ccccc2)OC[C@]1(C)O. The number of nitrogens with one attached hydrogen (secondary N) is 3. The van der Waals surface area contributed by atoms with Gasteiger partial charge in [-0.1, -0.05) is 25.1 Å². The minimum absolute atomic E-state index is 0.106. The van der Waals surface area contributed by atoms with E-state index >= 15 is 0 Å². The summed E-state index contributed by atoms with van der Waals surface area (Å²) < 4.78 is 29.8. The zero-order chi connectivity index (χ0) is 33.8. The summed E-state index contributed by atoms with van der Waals surface area (Å²) in [6.07, 6.45) is -5.19. The van der Waals surface area contributed by atoms with Gasteiger partial charge >= 0.3 is 6.09 Å². The quantitative estimate of drug-likeness (QED) is 0.195. The summed E-state index contributed by atoms with van der Waals surface area (Å²) in [5.74, 6) is -0.235. The van der Waals surface area contributed by atoms with E-state index in [9.17, 15) is 24.9 Å². The van der Waals surface area contributed by atoms with Gasteiger partial charge in [-0.25, -0.2) is 4.79 Å². The number of amides is 2. The highest BCUT2D eigenvalue weighted by molar-refractivity contribution is 5.94. The van der Waals surface area contributed by atoms with Crippen molar-refractivity contribution in [3.8, 4) is 0 Å². The Balaban J connectivity index is 1.58. The molecule has 8 N–H and O–H groups in total. The fourth-order valence-corrected chi connectivity index (χ4v) is 6.17. The molecule has 1 saturated heterocycles. The highest BCUT2D eigenvalue weighted by Gasteiger charge is 2.51. The number of ether oxygens (including phenoxy) is 5. The lowest BCUT2D eigenvalue weighted by Crippen LogP contribution is -2.68. The number of aliphatic hydroxyl groups is 3. The van der Waals surface area contributed by atoms with Gasteiger partial charge in [0.2, 0.25) is 6.29 Å². The van der Waals surface area contributed by atoms with Gasteiger partial charge in [-0.15, -0.1) is 0 Å². The average molecular weight is 651 g/mol. The molecule has 0 unspecified atom stereocenters. The highest BCUT2D eigenvalue weighted by atomic mass is 16.7. The maximum Gasteiger partial charge on any atom is 0.408 e. The minimum atomic E-state index is -1.39. The number of carbonyl (C=O) groups is 2. The molecule has 2 fully saturated rings. The van der Waals surface area contributed by atoms with Crippen molar-refractivity contribution in [2.24, 2.45) is 11.7 Å². The zero-order valence-electron chi connectivity index (χ0n) is 27.3. The second-order valence-corrected chi connectivity index (χ2v) is 13.5. The third-order valence-electron chi connectivity index (χ3n) is 8.43. The maximum absolute atomic E-state index is 13.2. The molecule has 1 aliphatic carbocycles. The van der Waals surface area contributed by atoms with Gasteiger partial charge in [0.1, 0.15) is 35.3 Å². The van der Waals surface area contributed by atoms with E-state index < -0.39 is 72.4 Å². The Labute approximate surface area is 269 Å². The first-order valence-electron chi connectivity index (χ1n) is 15.7.